The van der Waals surface area contributed by atoms with Gasteiger partial charge in [-0.15, -0.1) is 0 Å². The van der Waals surface area contributed by atoms with Crippen LogP contribution in [-0.2, 0) is 22.6 Å². The van der Waals surface area contributed by atoms with Crippen LogP contribution in [0.1, 0.15) is 37.7 Å². The number of nitrogens with one attached hydrogen (secondary N) is 1. The Morgan fingerprint density at radius 1 is 1.21 bits per heavy atom. The van der Waals surface area contributed by atoms with Crippen molar-refractivity contribution in [2.75, 3.05) is 26.2 Å². The monoisotopic (exact) mass is 470 g/mol. The number of carbonyl (C=O) groups excluding carboxylic acids is 2. The Labute approximate surface area is 199 Å². The second kappa shape index (κ2) is 11.0. The number of hydrogen-bond donors (Lipinski definition) is 3. The first-order valence-corrected chi connectivity index (χ1v) is 12.0. The summed E-state index contributed by atoms with van der Waals surface area (Å²) < 4.78 is 7.64. The fraction of sp³-hybridized carbons (Fsp3) is 0.560. The van der Waals surface area contributed by atoms with Crippen LogP contribution in [0.4, 0.5) is 0 Å². The topological polar surface area (TPSA) is 117 Å². The number of rotatable bonds is 4. The molecule has 0 radical (unpaired) electrons. The molecule has 1 fully saturated rings. The van der Waals surface area contributed by atoms with Gasteiger partial charge >= 0.3 is 0 Å². The Morgan fingerprint density at radius 3 is 2.76 bits per heavy atom. The molecule has 0 bridgehead atoms. The predicted octanol–water partition coefficient (Wildman–Crippen LogP) is 1.14. The van der Waals surface area contributed by atoms with E-state index in [1.165, 1.54) is 0 Å². The van der Waals surface area contributed by atoms with E-state index in [0.29, 0.717) is 51.1 Å². The lowest BCUT2D eigenvalue weighted by molar-refractivity contribution is -0.135. The molecule has 3 heterocycles. The molecule has 3 N–H and O–H groups in total. The Bertz CT molecular complexity index is 956. The van der Waals surface area contributed by atoms with E-state index >= 15 is 0 Å². The molecular formula is C25H34N4O5. The van der Waals surface area contributed by atoms with Crippen LogP contribution in [0.15, 0.2) is 43.0 Å². The maximum atomic E-state index is 12.7. The second-order valence-corrected chi connectivity index (χ2v) is 9.50. The summed E-state index contributed by atoms with van der Waals surface area (Å²) in [5, 5.41) is 24.5. The molecule has 9 heteroatoms. The number of piperidine rings is 1. The van der Waals surface area contributed by atoms with Gasteiger partial charge in [-0.25, -0.2) is 4.98 Å². The lowest BCUT2D eigenvalue weighted by Gasteiger charge is -2.43. The summed E-state index contributed by atoms with van der Waals surface area (Å²) in [6.07, 6.45) is 6.61. The Balaban J connectivity index is 1.37. The molecular weight excluding hydrogens is 436 g/mol. The number of benzene rings is 1. The first kappa shape index (κ1) is 24.2. The molecule has 2 aliphatic heterocycles. The fourth-order valence-electron chi connectivity index (χ4n) is 4.91. The minimum absolute atomic E-state index is 0.104. The third kappa shape index (κ3) is 6.15. The smallest absolute Gasteiger partial charge is 0.257 e. The van der Waals surface area contributed by atoms with Gasteiger partial charge in [-0.1, -0.05) is 18.2 Å². The largest absolute Gasteiger partial charge is 0.483 e. The summed E-state index contributed by atoms with van der Waals surface area (Å²) in [5.41, 5.74) is 0.370. The lowest BCUT2D eigenvalue weighted by Crippen LogP contribution is -2.51. The van der Waals surface area contributed by atoms with E-state index < -0.39 is 12.2 Å². The quantitative estimate of drug-likeness (QED) is 0.617. The van der Waals surface area contributed by atoms with Gasteiger partial charge < -0.3 is 29.7 Å². The van der Waals surface area contributed by atoms with Gasteiger partial charge in [0, 0.05) is 51.4 Å². The number of aromatic nitrogens is 2. The van der Waals surface area contributed by atoms with Crippen molar-refractivity contribution >= 4 is 11.8 Å². The number of carbonyl (C=O) groups is 2. The Hall–Kier alpha value is -2.91. The number of ether oxygens (including phenoxy) is 1. The third-order valence-electron chi connectivity index (χ3n) is 7.05. The number of nitrogens with zero attached hydrogens (tertiary/aromatic N) is 3. The molecule has 0 aliphatic carbocycles. The maximum Gasteiger partial charge on any atom is 0.257 e. The van der Waals surface area contributed by atoms with E-state index in [2.05, 4.69) is 10.3 Å². The summed E-state index contributed by atoms with van der Waals surface area (Å²) in [6, 6.07) is 7.25. The van der Waals surface area contributed by atoms with Crippen molar-refractivity contribution in [1.29, 1.82) is 0 Å². The zero-order chi connectivity index (χ0) is 24.0. The van der Waals surface area contributed by atoms with Crippen molar-refractivity contribution in [3.63, 3.8) is 0 Å². The van der Waals surface area contributed by atoms with Gasteiger partial charge in [0.05, 0.1) is 18.5 Å². The van der Waals surface area contributed by atoms with Gasteiger partial charge in [0.25, 0.3) is 5.91 Å². The number of para-hydroxylation sites is 1. The molecule has 2 atom stereocenters. The molecule has 0 unspecified atom stereocenters. The van der Waals surface area contributed by atoms with Crippen molar-refractivity contribution in [3.05, 3.63) is 48.5 Å². The van der Waals surface area contributed by atoms with Crippen LogP contribution in [0.2, 0.25) is 0 Å². The number of imidazole rings is 1. The molecule has 2 aromatic rings. The number of fused-ring (bicyclic) bond motifs is 1. The summed E-state index contributed by atoms with van der Waals surface area (Å²) in [4.78, 5) is 31.1. The molecule has 184 valence electrons. The molecule has 1 saturated heterocycles. The van der Waals surface area contributed by atoms with E-state index in [4.69, 9.17) is 4.74 Å². The average molecular weight is 471 g/mol. The zero-order valence-corrected chi connectivity index (χ0v) is 19.4. The Kier molecular flexibility index (Phi) is 7.84. The third-order valence-corrected chi connectivity index (χ3v) is 7.05. The number of likely N-dealkylation sites (tertiary alicyclic amines) is 1. The van der Waals surface area contributed by atoms with Crippen LogP contribution in [0, 0.1) is 5.41 Å². The van der Waals surface area contributed by atoms with Crippen LogP contribution < -0.4 is 10.1 Å². The van der Waals surface area contributed by atoms with Crippen molar-refractivity contribution in [1.82, 2.24) is 19.8 Å². The van der Waals surface area contributed by atoms with E-state index in [1.807, 2.05) is 33.9 Å². The predicted molar refractivity (Wildman–Crippen MR) is 125 cm³/mol. The molecule has 4 rings (SSSR count). The number of aryl methyl sites for hydroxylation is 1. The van der Waals surface area contributed by atoms with Gasteiger partial charge in [0.2, 0.25) is 5.91 Å². The average Bonchev–Trinajstić information content (AvgIpc) is 3.35. The highest BCUT2D eigenvalue weighted by atomic mass is 16.5. The molecule has 9 nitrogen and oxygen atoms in total. The highest BCUT2D eigenvalue weighted by Gasteiger charge is 2.39. The van der Waals surface area contributed by atoms with E-state index in [-0.39, 0.29) is 30.3 Å². The summed E-state index contributed by atoms with van der Waals surface area (Å²) in [7, 11) is 0. The van der Waals surface area contributed by atoms with Crippen molar-refractivity contribution in [3.8, 4) is 5.75 Å². The van der Waals surface area contributed by atoms with Crippen molar-refractivity contribution in [2.45, 2.75) is 57.3 Å². The van der Waals surface area contributed by atoms with Crippen LogP contribution in [0.25, 0.3) is 0 Å². The van der Waals surface area contributed by atoms with Crippen LogP contribution >= 0.6 is 0 Å². The normalized spacial score (nSPS) is 23.2. The molecule has 2 amide bonds. The van der Waals surface area contributed by atoms with E-state index in [0.717, 1.165) is 18.5 Å². The highest BCUT2D eigenvalue weighted by molar-refractivity contribution is 5.77. The van der Waals surface area contributed by atoms with Gasteiger partial charge in [-0.3, -0.25) is 9.59 Å². The first-order chi connectivity index (χ1) is 16.4. The number of amides is 2. The summed E-state index contributed by atoms with van der Waals surface area (Å²) in [6.45, 7) is 2.17. The zero-order valence-electron chi connectivity index (χ0n) is 19.4. The first-order valence-electron chi connectivity index (χ1n) is 12.0. The minimum Gasteiger partial charge on any atom is -0.483 e. The molecule has 1 aromatic heterocycles. The molecule has 2 aliphatic rings. The van der Waals surface area contributed by atoms with E-state index in [1.54, 1.807) is 18.6 Å². The van der Waals surface area contributed by atoms with Gasteiger partial charge in [0.15, 0.2) is 6.61 Å². The molecule has 0 saturated carbocycles. The Morgan fingerprint density at radius 2 is 2.00 bits per heavy atom. The van der Waals surface area contributed by atoms with Crippen LogP contribution in [0.3, 0.4) is 0 Å². The van der Waals surface area contributed by atoms with Gasteiger partial charge in [-0.05, 0) is 42.7 Å². The lowest BCUT2D eigenvalue weighted by atomic mass is 9.73. The molecule has 34 heavy (non-hydrogen) atoms. The van der Waals surface area contributed by atoms with Crippen LogP contribution in [0.5, 0.6) is 5.75 Å². The van der Waals surface area contributed by atoms with E-state index in [9.17, 15) is 19.8 Å². The molecule has 1 aromatic carbocycles. The fourth-order valence-corrected chi connectivity index (χ4v) is 4.91. The SMILES string of the molecule is O=C1COc2ccccc2C[C@H](O)[C@H](O)CC2(CCN(C(=O)CCCn3ccnc3)CC2)CN1. The summed E-state index contributed by atoms with van der Waals surface area (Å²) >= 11 is 0. The maximum absolute atomic E-state index is 12.7. The standard InChI is InChI=1S/C25H34N4O5/c30-20-14-19-4-1-2-5-22(19)34-16-23(32)27-17-25(15-21(20)31)7-11-29(12-8-25)24(33)6-3-10-28-13-9-26-18-28/h1-2,4-5,9,13,18,20-21,30-31H,3,6-8,10-12,14-17H2,(H,27,32)/t20-,21+/m0/s1. The number of aliphatic hydroxyl groups excluding tert-OH is 2. The van der Waals surface area contributed by atoms with Crippen molar-refractivity contribution < 1.29 is 24.5 Å². The van der Waals surface area contributed by atoms with Crippen LogP contribution in [-0.4, -0.2) is 74.9 Å². The van der Waals surface area contributed by atoms with Gasteiger partial charge in [0.1, 0.15) is 5.75 Å². The van der Waals surface area contributed by atoms with Gasteiger partial charge in [-0.2, -0.15) is 0 Å². The number of aliphatic hydroxyl groups is 2. The van der Waals surface area contributed by atoms with Crippen molar-refractivity contribution in [2.24, 2.45) is 5.41 Å². The highest BCUT2D eigenvalue weighted by Crippen LogP contribution is 2.37. The number of hydrogen-bond acceptors (Lipinski definition) is 6. The summed E-state index contributed by atoms with van der Waals surface area (Å²) in [5.74, 6) is 0.444. The second-order valence-electron chi connectivity index (χ2n) is 9.50. The molecule has 1 spiro atoms. The minimum atomic E-state index is -0.945.